The topological polar surface area (TPSA) is 68.0 Å². The van der Waals surface area contributed by atoms with Crippen molar-refractivity contribution in [3.05, 3.63) is 59.0 Å². The van der Waals surface area contributed by atoms with E-state index in [1.165, 1.54) is 5.56 Å². The van der Waals surface area contributed by atoms with Crippen LogP contribution in [-0.4, -0.2) is 22.1 Å². The first-order valence-electron chi connectivity index (χ1n) is 8.74. The Bertz CT molecular complexity index is 1110. The van der Waals surface area contributed by atoms with Crippen LogP contribution in [0, 0.1) is 6.92 Å². The first-order valence-corrected chi connectivity index (χ1v) is 9.62. The van der Waals surface area contributed by atoms with Crippen molar-refractivity contribution in [3.8, 4) is 22.0 Å². The minimum absolute atomic E-state index is 0.0748. The van der Waals surface area contributed by atoms with E-state index in [1.54, 1.807) is 23.5 Å². The number of thiazole rings is 1. The van der Waals surface area contributed by atoms with Gasteiger partial charge in [-0.3, -0.25) is 4.79 Å². The van der Waals surface area contributed by atoms with Crippen molar-refractivity contribution >= 4 is 28.2 Å². The summed E-state index contributed by atoms with van der Waals surface area (Å²) in [6.45, 7) is 5.93. The number of rotatable bonds is 4. The Morgan fingerprint density at radius 3 is 2.67 bits per heavy atom. The molecular weight excluding hydrogens is 358 g/mol. The molecule has 2 aromatic carbocycles. The third-order valence-electron chi connectivity index (χ3n) is 4.20. The predicted octanol–water partition coefficient (Wildman–Crippen LogP) is 5.06. The monoisotopic (exact) mass is 377 g/mol. The second-order valence-corrected chi connectivity index (χ2v) is 7.63. The van der Waals surface area contributed by atoms with Crippen LogP contribution >= 0.6 is 11.3 Å². The summed E-state index contributed by atoms with van der Waals surface area (Å²) in [6.07, 6.45) is 0. The van der Waals surface area contributed by atoms with Gasteiger partial charge in [0.15, 0.2) is 5.58 Å². The molecule has 4 rings (SSSR count). The summed E-state index contributed by atoms with van der Waals surface area (Å²) in [5, 5.41) is 10.8. The molecule has 0 fully saturated rings. The number of carbonyl (C=O) groups is 1. The Labute approximate surface area is 161 Å². The Balaban J connectivity index is 1.71. The number of nitrogens with one attached hydrogen (secondary N) is 1. The third-order valence-corrected chi connectivity index (χ3v) is 5.09. The lowest BCUT2D eigenvalue weighted by molar-refractivity contribution is 0.0943. The maximum atomic E-state index is 12.3. The second-order valence-electron chi connectivity index (χ2n) is 6.77. The Morgan fingerprint density at radius 1 is 1.15 bits per heavy atom. The highest BCUT2D eigenvalue weighted by atomic mass is 32.1. The fraction of sp³-hybridized carbons (Fsp3) is 0.190. The molecule has 0 aliphatic carbocycles. The van der Waals surface area contributed by atoms with Crippen molar-refractivity contribution in [2.45, 2.75) is 26.8 Å². The minimum Gasteiger partial charge on any atom is -0.356 e. The maximum Gasteiger partial charge on any atom is 0.251 e. The van der Waals surface area contributed by atoms with Crippen molar-refractivity contribution in [2.24, 2.45) is 0 Å². The van der Waals surface area contributed by atoms with Gasteiger partial charge in [-0.05, 0) is 39.0 Å². The average molecular weight is 377 g/mol. The molecule has 0 spiro atoms. The first-order chi connectivity index (χ1) is 13.0. The number of carbonyl (C=O) groups excluding carboxylic acids is 1. The number of aromatic nitrogens is 2. The van der Waals surface area contributed by atoms with E-state index >= 15 is 0 Å². The first kappa shape index (κ1) is 17.4. The highest BCUT2D eigenvalue weighted by Gasteiger charge is 2.17. The molecule has 27 heavy (non-hydrogen) atoms. The molecule has 2 aromatic heterocycles. The molecule has 0 unspecified atom stereocenters. The fourth-order valence-corrected chi connectivity index (χ4v) is 3.63. The van der Waals surface area contributed by atoms with Gasteiger partial charge in [0, 0.05) is 22.5 Å². The zero-order chi connectivity index (χ0) is 19.0. The lowest BCUT2D eigenvalue weighted by Gasteiger charge is -2.07. The van der Waals surface area contributed by atoms with E-state index in [4.69, 9.17) is 9.51 Å². The van der Waals surface area contributed by atoms with Gasteiger partial charge in [-0.1, -0.05) is 35.0 Å². The van der Waals surface area contributed by atoms with Gasteiger partial charge in [0.2, 0.25) is 0 Å². The largest absolute Gasteiger partial charge is 0.356 e. The molecule has 0 aliphatic rings. The van der Waals surface area contributed by atoms with E-state index in [1.807, 2.05) is 25.3 Å². The molecule has 4 aromatic rings. The van der Waals surface area contributed by atoms with Gasteiger partial charge in [0.1, 0.15) is 16.4 Å². The molecule has 136 valence electrons. The van der Waals surface area contributed by atoms with Gasteiger partial charge in [0.25, 0.3) is 5.91 Å². The molecular formula is C21H19N3O2S. The standard InChI is InChI=1S/C21H19N3O2S/c1-12(2)22-20(25)15-8-9-18-16(10-15)19(24-26-18)17-11-27-21(23-17)14-6-4-13(3)5-7-14/h4-12H,1-3H3,(H,22,25). The molecule has 0 saturated heterocycles. The lowest BCUT2D eigenvalue weighted by Crippen LogP contribution is -2.29. The van der Waals surface area contributed by atoms with E-state index < -0.39 is 0 Å². The molecule has 1 amide bonds. The van der Waals surface area contributed by atoms with Crippen LogP contribution < -0.4 is 5.32 Å². The molecule has 0 aliphatic heterocycles. The van der Waals surface area contributed by atoms with Crippen LogP contribution in [0.1, 0.15) is 29.8 Å². The van der Waals surface area contributed by atoms with Crippen LogP contribution in [-0.2, 0) is 0 Å². The number of benzene rings is 2. The Hall–Kier alpha value is -2.99. The summed E-state index contributed by atoms with van der Waals surface area (Å²) in [5.74, 6) is -0.113. The van der Waals surface area contributed by atoms with Crippen LogP contribution in [0.4, 0.5) is 0 Å². The summed E-state index contributed by atoms with van der Waals surface area (Å²) >= 11 is 1.56. The average Bonchev–Trinajstić information content (AvgIpc) is 3.28. The maximum absolute atomic E-state index is 12.3. The van der Waals surface area contributed by atoms with Crippen molar-refractivity contribution in [1.29, 1.82) is 0 Å². The SMILES string of the molecule is Cc1ccc(-c2nc(-c3noc4ccc(C(=O)NC(C)C)cc34)cs2)cc1. The smallest absolute Gasteiger partial charge is 0.251 e. The van der Waals surface area contributed by atoms with Crippen molar-refractivity contribution in [3.63, 3.8) is 0 Å². The molecule has 0 atom stereocenters. The highest BCUT2D eigenvalue weighted by molar-refractivity contribution is 7.13. The number of fused-ring (bicyclic) bond motifs is 1. The van der Waals surface area contributed by atoms with Gasteiger partial charge in [-0.25, -0.2) is 4.98 Å². The molecule has 0 radical (unpaired) electrons. The Morgan fingerprint density at radius 2 is 1.93 bits per heavy atom. The van der Waals surface area contributed by atoms with Gasteiger partial charge >= 0.3 is 0 Å². The van der Waals surface area contributed by atoms with Gasteiger partial charge in [0.05, 0.1) is 5.39 Å². The van der Waals surface area contributed by atoms with Crippen molar-refractivity contribution in [1.82, 2.24) is 15.5 Å². The zero-order valence-corrected chi connectivity index (χ0v) is 16.1. The normalized spacial score (nSPS) is 11.3. The van der Waals surface area contributed by atoms with Crippen LogP contribution in [0.15, 0.2) is 52.4 Å². The van der Waals surface area contributed by atoms with Gasteiger partial charge < -0.3 is 9.84 Å². The number of aryl methyl sites for hydroxylation is 1. The minimum atomic E-state index is -0.113. The number of hydrogen-bond donors (Lipinski definition) is 1. The quantitative estimate of drug-likeness (QED) is 0.539. The summed E-state index contributed by atoms with van der Waals surface area (Å²) in [5.41, 5.74) is 4.90. The van der Waals surface area contributed by atoms with E-state index in [0.29, 0.717) is 16.8 Å². The zero-order valence-electron chi connectivity index (χ0n) is 15.3. The lowest BCUT2D eigenvalue weighted by atomic mass is 10.1. The molecule has 1 N–H and O–H groups in total. The van der Waals surface area contributed by atoms with Gasteiger partial charge in [-0.2, -0.15) is 0 Å². The molecule has 5 nitrogen and oxygen atoms in total. The number of hydrogen-bond acceptors (Lipinski definition) is 5. The van der Waals surface area contributed by atoms with Crippen LogP contribution in [0.3, 0.4) is 0 Å². The van der Waals surface area contributed by atoms with Crippen molar-refractivity contribution < 1.29 is 9.32 Å². The van der Waals surface area contributed by atoms with Crippen LogP contribution in [0.25, 0.3) is 32.9 Å². The molecule has 0 bridgehead atoms. The van der Waals surface area contributed by atoms with E-state index in [-0.39, 0.29) is 11.9 Å². The third kappa shape index (κ3) is 3.48. The van der Waals surface area contributed by atoms with E-state index in [9.17, 15) is 4.79 Å². The van der Waals surface area contributed by atoms with Gasteiger partial charge in [-0.15, -0.1) is 11.3 Å². The second kappa shape index (κ2) is 6.96. The molecule has 0 saturated carbocycles. The Kier molecular flexibility index (Phi) is 4.49. The van der Waals surface area contributed by atoms with Crippen LogP contribution in [0.2, 0.25) is 0 Å². The summed E-state index contributed by atoms with van der Waals surface area (Å²) in [6, 6.07) is 13.7. The predicted molar refractivity (Wildman–Crippen MR) is 108 cm³/mol. The van der Waals surface area contributed by atoms with E-state index in [2.05, 4.69) is 41.7 Å². The highest BCUT2D eigenvalue weighted by Crippen LogP contribution is 2.33. The summed E-state index contributed by atoms with van der Waals surface area (Å²) in [4.78, 5) is 17.0. The molecule has 6 heteroatoms. The van der Waals surface area contributed by atoms with Crippen molar-refractivity contribution in [2.75, 3.05) is 0 Å². The molecule has 2 heterocycles. The van der Waals surface area contributed by atoms with E-state index in [0.717, 1.165) is 21.7 Å². The number of amides is 1. The van der Waals surface area contributed by atoms with Crippen LogP contribution in [0.5, 0.6) is 0 Å². The number of nitrogens with zero attached hydrogens (tertiary/aromatic N) is 2. The summed E-state index contributed by atoms with van der Waals surface area (Å²) in [7, 11) is 0. The summed E-state index contributed by atoms with van der Waals surface area (Å²) < 4.78 is 5.43. The fourth-order valence-electron chi connectivity index (χ4n) is 2.82.